The number of hydrazone groups is 1. The third kappa shape index (κ3) is 6.56. The third-order valence-electron chi connectivity index (χ3n) is 2.16. The Kier molecular flexibility index (Phi) is 6.59. The van der Waals surface area contributed by atoms with E-state index in [1.807, 2.05) is 12.1 Å². The standard InChI is InChI=1S/C12H17N3O3S/c1-2-18-11(16)5-3-4-9-6-7-10(19-9)8-14-15-12(13)17/h6-8H,2-5H2,1H3,(H3,13,15,17). The number of aryl methyl sites for hydroxylation is 1. The number of hydrogen-bond donors (Lipinski definition) is 2. The average Bonchev–Trinajstić information content (AvgIpc) is 2.77. The lowest BCUT2D eigenvalue weighted by Crippen LogP contribution is -2.24. The Morgan fingerprint density at radius 3 is 3.00 bits per heavy atom. The molecule has 1 aromatic heterocycles. The van der Waals surface area contributed by atoms with Gasteiger partial charge in [-0.3, -0.25) is 4.79 Å². The predicted molar refractivity (Wildman–Crippen MR) is 74.2 cm³/mol. The SMILES string of the molecule is CCOC(=O)CCCc1ccc(C=NNC(N)=O)s1. The van der Waals surface area contributed by atoms with Gasteiger partial charge in [0, 0.05) is 16.2 Å². The number of nitrogens with zero attached hydrogens (tertiary/aromatic N) is 1. The molecule has 0 spiro atoms. The number of primary amides is 1. The second kappa shape index (κ2) is 8.25. The fourth-order valence-electron chi connectivity index (χ4n) is 1.40. The number of esters is 1. The zero-order valence-electron chi connectivity index (χ0n) is 10.7. The van der Waals surface area contributed by atoms with Crippen molar-refractivity contribution in [2.24, 2.45) is 10.8 Å². The van der Waals surface area contributed by atoms with Crippen LogP contribution in [0.15, 0.2) is 17.2 Å². The van der Waals surface area contributed by atoms with Gasteiger partial charge in [0.1, 0.15) is 0 Å². The van der Waals surface area contributed by atoms with Crippen LogP contribution in [0.5, 0.6) is 0 Å². The molecule has 0 aliphatic carbocycles. The van der Waals surface area contributed by atoms with E-state index < -0.39 is 6.03 Å². The molecule has 0 radical (unpaired) electrons. The van der Waals surface area contributed by atoms with Gasteiger partial charge in [-0.2, -0.15) is 5.10 Å². The van der Waals surface area contributed by atoms with Crippen LogP contribution in [0.1, 0.15) is 29.5 Å². The molecule has 0 bridgehead atoms. The van der Waals surface area contributed by atoms with Crippen LogP contribution in [0.2, 0.25) is 0 Å². The van der Waals surface area contributed by atoms with E-state index in [0.717, 1.165) is 22.6 Å². The highest BCUT2D eigenvalue weighted by Crippen LogP contribution is 2.17. The minimum atomic E-state index is -0.692. The number of amides is 2. The van der Waals surface area contributed by atoms with Crippen LogP contribution < -0.4 is 11.2 Å². The maximum Gasteiger partial charge on any atom is 0.332 e. The highest BCUT2D eigenvalue weighted by molar-refractivity contribution is 7.13. The van der Waals surface area contributed by atoms with Crippen LogP contribution in [0.4, 0.5) is 4.79 Å². The summed E-state index contributed by atoms with van der Waals surface area (Å²) >= 11 is 1.56. The van der Waals surface area contributed by atoms with Gasteiger partial charge in [-0.05, 0) is 31.9 Å². The first kappa shape index (κ1) is 15.2. The molecule has 7 heteroatoms. The first-order valence-corrected chi connectivity index (χ1v) is 6.76. The van der Waals surface area contributed by atoms with Gasteiger partial charge in [0.15, 0.2) is 0 Å². The Labute approximate surface area is 115 Å². The number of hydrogen-bond acceptors (Lipinski definition) is 5. The monoisotopic (exact) mass is 283 g/mol. The van der Waals surface area contributed by atoms with Crippen LogP contribution in [-0.2, 0) is 16.0 Å². The zero-order valence-corrected chi connectivity index (χ0v) is 11.5. The molecule has 1 heterocycles. The van der Waals surface area contributed by atoms with Crippen molar-refractivity contribution in [1.29, 1.82) is 0 Å². The van der Waals surface area contributed by atoms with E-state index in [-0.39, 0.29) is 5.97 Å². The van der Waals surface area contributed by atoms with Gasteiger partial charge >= 0.3 is 12.0 Å². The third-order valence-corrected chi connectivity index (χ3v) is 3.24. The predicted octanol–water partition coefficient (Wildman–Crippen LogP) is 1.64. The maximum absolute atomic E-state index is 11.2. The summed E-state index contributed by atoms with van der Waals surface area (Å²) in [5, 5.41) is 3.67. The van der Waals surface area contributed by atoms with E-state index in [2.05, 4.69) is 10.5 Å². The van der Waals surface area contributed by atoms with Crippen LogP contribution in [-0.4, -0.2) is 24.8 Å². The van der Waals surface area contributed by atoms with Crippen LogP contribution in [0, 0.1) is 0 Å². The van der Waals surface area contributed by atoms with Gasteiger partial charge in [-0.15, -0.1) is 11.3 Å². The molecule has 0 aromatic carbocycles. The van der Waals surface area contributed by atoms with E-state index in [9.17, 15) is 9.59 Å². The summed E-state index contributed by atoms with van der Waals surface area (Å²) < 4.78 is 4.85. The number of nitrogens with two attached hydrogens (primary N) is 1. The summed E-state index contributed by atoms with van der Waals surface area (Å²) in [5.74, 6) is -0.161. The largest absolute Gasteiger partial charge is 0.466 e. The van der Waals surface area contributed by atoms with Gasteiger partial charge in [0.05, 0.1) is 12.8 Å². The van der Waals surface area contributed by atoms with E-state index in [1.165, 1.54) is 6.21 Å². The summed E-state index contributed by atoms with van der Waals surface area (Å²) in [5.41, 5.74) is 7.01. The fraction of sp³-hybridized carbons (Fsp3) is 0.417. The van der Waals surface area contributed by atoms with Gasteiger partial charge in [-0.25, -0.2) is 10.2 Å². The van der Waals surface area contributed by atoms with Gasteiger partial charge < -0.3 is 10.5 Å². The molecule has 0 saturated heterocycles. The van der Waals surface area contributed by atoms with E-state index in [4.69, 9.17) is 10.5 Å². The van der Waals surface area contributed by atoms with Crippen LogP contribution in [0.3, 0.4) is 0 Å². The Bertz CT molecular complexity index is 457. The maximum atomic E-state index is 11.2. The molecule has 6 nitrogen and oxygen atoms in total. The molecule has 19 heavy (non-hydrogen) atoms. The first-order valence-electron chi connectivity index (χ1n) is 5.94. The van der Waals surface area contributed by atoms with Crippen LogP contribution in [0.25, 0.3) is 0 Å². The second-order valence-electron chi connectivity index (χ2n) is 3.70. The molecule has 104 valence electrons. The summed E-state index contributed by atoms with van der Waals surface area (Å²) in [6.45, 7) is 2.22. The molecule has 0 saturated carbocycles. The Morgan fingerprint density at radius 1 is 1.53 bits per heavy atom. The molecule has 1 aromatic rings. The number of urea groups is 1. The number of carbonyl (C=O) groups is 2. The molecule has 2 amide bonds. The Morgan fingerprint density at radius 2 is 2.32 bits per heavy atom. The lowest BCUT2D eigenvalue weighted by Gasteiger charge is -2.00. The first-order chi connectivity index (χ1) is 9.11. The van der Waals surface area contributed by atoms with Crippen molar-refractivity contribution in [2.75, 3.05) is 6.61 Å². The molecule has 1 rings (SSSR count). The molecular weight excluding hydrogens is 266 g/mol. The topological polar surface area (TPSA) is 93.8 Å². The van der Waals surface area contributed by atoms with Crippen molar-refractivity contribution in [3.05, 3.63) is 21.9 Å². The summed E-state index contributed by atoms with van der Waals surface area (Å²) in [6, 6.07) is 3.18. The summed E-state index contributed by atoms with van der Waals surface area (Å²) in [6.07, 6.45) is 3.54. The van der Waals surface area contributed by atoms with Crippen molar-refractivity contribution < 1.29 is 14.3 Å². The minimum absolute atomic E-state index is 0.161. The molecule has 0 unspecified atom stereocenters. The zero-order chi connectivity index (χ0) is 14.1. The lowest BCUT2D eigenvalue weighted by atomic mass is 10.2. The second-order valence-corrected chi connectivity index (χ2v) is 4.90. The normalized spacial score (nSPS) is 10.6. The summed E-state index contributed by atoms with van der Waals surface area (Å²) in [7, 11) is 0. The minimum Gasteiger partial charge on any atom is -0.466 e. The Balaban J connectivity index is 2.32. The summed E-state index contributed by atoms with van der Waals surface area (Å²) in [4.78, 5) is 23.6. The van der Waals surface area contributed by atoms with Crippen molar-refractivity contribution in [3.63, 3.8) is 0 Å². The van der Waals surface area contributed by atoms with Crippen LogP contribution >= 0.6 is 11.3 Å². The molecule has 3 N–H and O–H groups in total. The van der Waals surface area contributed by atoms with E-state index in [1.54, 1.807) is 18.3 Å². The van der Waals surface area contributed by atoms with Crippen molar-refractivity contribution in [3.8, 4) is 0 Å². The van der Waals surface area contributed by atoms with Crippen molar-refractivity contribution in [2.45, 2.75) is 26.2 Å². The van der Waals surface area contributed by atoms with Crippen molar-refractivity contribution >= 4 is 29.6 Å². The lowest BCUT2D eigenvalue weighted by molar-refractivity contribution is -0.143. The number of rotatable bonds is 7. The van der Waals surface area contributed by atoms with Gasteiger partial charge in [0.25, 0.3) is 0 Å². The van der Waals surface area contributed by atoms with Gasteiger partial charge in [-0.1, -0.05) is 0 Å². The number of nitrogens with one attached hydrogen (secondary N) is 1. The van der Waals surface area contributed by atoms with Gasteiger partial charge in [0.2, 0.25) is 0 Å². The molecular formula is C12H17N3O3S. The van der Waals surface area contributed by atoms with E-state index >= 15 is 0 Å². The molecule has 0 aliphatic rings. The highest BCUT2D eigenvalue weighted by Gasteiger charge is 2.03. The number of carbonyl (C=O) groups excluding carboxylic acids is 2. The molecule has 0 aliphatic heterocycles. The quantitative estimate of drug-likeness (QED) is 0.452. The fourth-order valence-corrected chi connectivity index (χ4v) is 2.32. The smallest absolute Gasteiger partial charge is 0.332 e. The number of ether oxygens (including phenoxy) is 1. The van der Waals surface area contributed by atoms with E-state index in [0.29, 0.717) is 13.0 Å². The highest BCUT2D eigenvalue weighted by atomic mass is 32.1. The average molecular weight is 283 g/mol. The Hall–Kier alpha value is -1.89. The van der Waals surface area contributed by atoms with Crippen molar-refractivity contribution in [1.82, 2.24) is 5.43 Å². The molecule has 0 atom stereocenters. The number of thiophene rings is 1. The molecule has 0 fully saturated rings.